The van der Waals surface area contributed by atoms with Gasteiger partial charge in [0.15, 0.2) is 0 Å². The van der Waals surface area contributed by atoms with Gasteiger partial charge in [-0.15, -0.1) is 0 Å². The van der Waals surface area contributed by atoms with Crippen molar-refractivity contribution in [2.45, 2.75) is 19.9 Å². The van der Waals surface area contributed by atoms with E-state index < -0.39 is 0 Å². The number of hydrogen-bond acceptors (Lipinski definition) is 3. The van der Waals surface area contributed by atoms with Gasteiger partial charge in [0, 0.05) is 31.0 Å². The summed E-state index contributed by atoms with van der Waals surface area (Å²) in [4.78, 5) is 11.3. The van der Waals surface area contributed by atoms with Crippen LogP contribution in [0.3, 0.4) is 0 Å². The first-order chi connectivity index (χ1) is 9.19. The van der Waals surface area contributed by atoms with Crippen molar-refractivity contribution in [1.82, 2.24) is 9.78 Å². The molecule has 0 atom stereocenters. The van der Waals surface area contributed by atoms with E-state index in [9.17, 15) is 4.79 Å². The van der Waals surface area contributed by atoms with Crippen LogP contribution in [0.1, 0.15) is 19.0 Å². The van der Waals surface area contributed by atoms with Crippen LogP contribution in [0.5, 0.6) is 0 Å². The van der Waals surface area contributed by atoms with Gasteiger partial charge in [-0.3, -0.25) is 9.48 Å². The summed E-state index contributed by atoms with van der Waals surface area (Å²) in [5, 5.41) is 10.3. The lowest BCUT2D eigenvalue weighted by atomic mass is 10.2. The van der Waals surface area contributed by atoms with E-state index in [-0.39, 0.29) is 5.91 Å². The maximum absolute atomic E-state index is 11.3. The standard InChI is InChI=1S/C14H18N4O/c1-3-14(19)17-12-6-4-5-11(9-12)15-10-13-7-8-16-18(13)2/h4-9,15H,3,10H2,1-2H3,(H,17,19). The van der Waals surface area contributed by atoms with Gasteiger partial charge in [0.1, 0.15) is 0 Å². The summed E-state index contributed by atoms with van der Waals surface area (Å²) in [5.74, 6) is 0.0174. The first-order valence-corrected chi connectivity index (χ1v) is 6.29. The zero-order chi connectivity index (χ0) is 13.7. The van der Waals surface area contributed by atoms with Crippen LogP contribution in [0.15, 0.2) is 36.5 Å². The SMILES string of the molecule is CCC(=O)Nc1cccc(NCc2ccnn2C)c1. The highest BCUT2D eigenvalue weighted by Crippen LogP contribution is 2.16. The van der Waals surface area contributed by atoms with Crippen molar-refractivity contribution < 1.29 is 4.79 Å². The highest BCUT2D eigenvalue weighted by molar-refractivity contribution is 5.90. The number of benzene rings is 1. The van der Waals surface area contributed by atoms with E-state index in [2.05, 4.69) is 15.7 Å². The second-order valence-electron chi connectivity index (χ2n) is 4.28. The number of nitrogens with zero attached hydrogens (tertiary/aromatic N) is 2. The van der Waals surface area contributed by atoms with Crippen molar-refractivity contribution in [2.24, 2.45) is 7.05 Å². The minimum Gasteiger partial charge on any atom is -0.379 e. The molecule has 5 heteroatoms. The van der Waals surface area contributed by atoms with Crippen LogP contribution < -0.4 is 10.6 Å². The normalized spacial score (nSPS) is 10.2. The fraction of sp³-hybridized carbons (Fsp3) is 0.286. The quantitative estimate of drug-likeness (QED) is 0.865. The lowest BCUT2D eigenvalue weighted by Gasteiger charge is -2.09. The molecule has 0 spiro atoms. The minimum absolute atomic E-state index is 0.0174. The summed E-state index contributed by atoms with van der Waals surface area (Å²) in [7, 11) is 1.91. The van der Waals surface area contributed by atoms with Crippen molar-refractivity contribution in [3.8, 4) is 0 Å². The Labute approximate surface area is 112 Å². The Morgan fingerprint density at radius 2 is 2.11 bits per heavy atom. The molecule has 2 N–H and O–H groups in total. The second-order valence-corrected chi connectivity index (χ2v) is 4.28. The third kappa shape index (κ3) is 3.58. The number of aryl methyl sites for hydroxylation is 1. The molecule has 1 aromatic carbocycles. The van der Waals surface area contributed by atoms with Crippen LogP contribution in [-0.2, 0) is 18.4 Å². The number of carbonyl (C=O) groups is 1. The molecule has 0 unspecified atom stereocenters. The van der Waals surface area contributed by atoms with Gasteiger partial charge in [0.05, 0.1) is 12.2 Å². The topological polar surface area (TPSA) is 59.0 Å². The molecule has 1 amide bonds. The summed E-state index contributed by atoms with van der Waals surface area (Å²) in [6, 6.07) is 9.65. The molecule has 0 aliphatic heterocycles. The lowest BCUT2D eigenvalue weighted by molar-refractivity contribution is -0.115. The molecule has 100 valence electrons. The van der Waals surface area contributed by atoms with Crippen molar-refractivity contribution >= 4 is 17.3 Å². The predicted molar refractivity (Wildman–Crippen MR) is 75.9 cm³/mol. The number of anilines is 2. The molecular formula is C14H18N4O. The van der Waals surface area contributed by atoms with E-state index in [1.54, 1.807) is 6.20 Å². The number of carbonyl (C=O) groups excluding carboxylic acids is 1. The van der Waals surface area contributed by atoms with E-state index in [1.165, 1.54) is 0 Å². The maximum Gasteiger partial charge on any atom is 0.224 e. The molecule has 0 aliphatic rings. The van der Waals surface area contributed by atoms with Crippen molar-refractivity contribution in [3.63, 3.8) is 0 Å². The van der Waals surface area contributed by atoms with Crippen LogP contribution in [0.25, 0.3) is 0 Å². The molecule has 0 saturated heterocycles. The largest absolute Gasteiger partial charge is 0.379 e. The Morgan fingerprint density at radius 1 is 1.32 bits per heavy atom. The molecule has 2 aromatic rings. The van der Waals surface area contributed by atoms with Gasteiger partial charge in [-0.2, -0.15) is 5.10 Å². The summed E-state index contributed by atoms with van der Waals surface area (Å²) >= 11 is 0. The van der Waals surface area contributed by atoms with Gasteiger partial charge in [0.2, 0.25) is 5.91 Å². The minimum atomic E-state index is 0.0174. The number of nitrogens with one attached hydrogen (secondary N) is 2. The van der Waals surface area contributed by atoms with Gasteiger partial charge >= 0.3 is 0 Å². The van der Waals surface area contributed by atoms with E-state index >= 15 is 0 Å². The van der Waals surface area contributed by atoms with Crippen molar-refractivity contribution in [2.75, 3.05) is 10.6 Å². The molecule has 0 radical (unpaired) electrons. The van der Waals surface area contributed by atoms with Gasteiger partial charge in [-0.05, 0) is 24.3 Å². The fourth-order valence-electron chi connectivity index (χ4n) is 1.72. The van der Waals surface area contributed by atoms with E-state index in [4.69, 9.17) is 0 Å². The lowest BCUT2D eigenvalue weighted by Crippen LogP contribution is -2.10. The number of aromatic nitrogens is 2. The smallest absolute Gasteiger partial charge is 0.224 e. The molecule has 0 bridgehead atoms. The Balaban J connectivity index is 1.99. The van der Waals surface area contributed by atoms with Gasteiger partial charge < -0.3 is 10.6 Å². The maximum atomic E-state index is 11.3. The Morgan fingerprint density at radius 3 is 2.79 bits per heavy atom. The highest BCUT2D eigenvalue weighted by atomic mass is 16.1. The molecule has 2 rings (SSSR count). The molecule has 1 heterocycles. The Kier molecular flexibility index (Phi) is 4.18. The van der Waals surface area contributed by atoms with Crippen LogP contribution in [0.2, 0.25) is 0 Å². The van der Waals surface area contributed by atoms with Crippen LogP contribution in [0.4, 0.5) is 11.4 Å². The fourth-order valence-corrected chi connectivity index (χ4v) is 1.72. The summed E-state index contributed by atoms with van der Waals surface area (Å²) in [6.07, 6.45) is 2.25. The average molecular weight is 258 g/mol. The third-order valence-corrected chi connectivity index (χ3v) is 2.86. The third-order valence-electron chi connectivity index (χ3n) is 2.86. The van der Waals surface area contributed by atoms with Gasteiger partial charge in [-0.1, -0.05) is 13.0 Å². The average Bonchev–Trinajstić information content (AvgIpc) is 2.82. The van der Waals surface area contributed by atoms with Gasteiger partial charge in [-0.25, -0.2) is 0 Å². The first-order valence-electron chi connectivity index (χ1n) is 6.29. The highest BCUT2D eigenvalue weighted by Gasteiger charge is 2.01. The Hall–Kier alpha value is -2.30. The number of rotatable bonds is 5. The van der Waals surface area contributed by atoms with Crippen molar-refractivity contribution in [3.05, 3.63) is 42.2 Å². The molecule has 19 heavy (non-hydrogen) atoms. The Bertz CT molecular complexity index is 562. The molecule has 0 saturated carbocycles. The zero-order valence-electron chi connectivity index (χ0n) is 11.2. The molecular weight excluding hydrogens is 240 g/mol. The predicted octanol–water partition coefficient (Wildman–Crippen LogP) is 2.38. The zero-order valence-corrected chi connectivity index (χ0v) is 11.2. The van der Waals surface area contributed by atoms with E-state index in [1.807, 2.05) is 49.0 Å². The molecule has 0 fully saturated rings. The number of hydrogen-bond donors (Lipinski definition) is 2. The molecule has 0 aliphatic carbocycles. The summed E-state index contributed by atoms with van der Waals surface area (Å²) in [6.45, 7) is 2.53. The van der Waals surface area contributed by atoms with Crippen LogP contribution in [-0.4, -0.2) is 15.7 Å². The van der Waals surface area contributed by atoms with Gasteiger partial charge in [0.25, 0.3) is 0 Å². The number of amides is 1. The second kappa shape index (κ2) is 6.04. The monoisotopic (exact) mass is 258 g/mol. The van der Waals surface area contributed by atoms with Crippen molar-refractivity contribution in [1.29, 1.82) is 0 Å². The molecule has 5 nitrogen and oxygen atoms in total. The van der Waals surface area contributed by atoms with E-state index in [0.29, 0.717) is 13.0 Å². The molecule has 1 aromatic heterocycles. The van der Waals surface area contributed by atoms with Crippen LogP contribution in [0, 0.1) is 0 Å². The van der Waals surface area contributed by atoms with E-state index in [0.717, 1.165) is 17.1 Å². The van der Waals surface area contributed by atoms with Crippen LogP contribution >= 0.6 is 0 Å². The first kappa shape index (κ1) is 13.1. The summed E-state index contributed by atoms with van der Waals surface area (Å²) < 4.78 is 1.83. The summed E-state index contributed by atoms with van der Waals surface area (Å²) in [5.41, 5.74) is 2.87.